The Labute approximate surface area is 140 Å². The van der Waals surface area contributed by atoms with Gasteiger partial charge >= 0.3 is 0 Å². The lowest BCUT2D eigenvalue weighted by Crippen LogP contribution is -2.31. The molecule has 0 saturated heterocycles. The van der Waals surface area contributed by atoms with Crippen LogP contribution in [0.3, 0.4) is 0 Å². The van der Waals surface area contributed by atoms with E-state index in [-0.39, 0.29) is 16.7 Å². The van der Waals surface area contributed by atoms with Gasteiger partial charge in [-0.1, -0.05) is 11.8 Å². The first-order valence-corrected chi connectivity index (χ1v) is 8.73. The number of rotatable bonds is 5. The molecule has 0 aliphatic carbocycles. The van der Waals surface area contributed by atoms with Crippen molar-refractivity contribution in [2.45, 2.75) is 23.9 Å². The molecule has 23 heavy (non-hydrogen) atoms. The number of fused-ring (bicyclic) bond motifs is 1. The van der Waals surface area contributed by atoms with E-state index in [1.807, 2.05) is 11.4 Å². The number of nitrogens with zero attached hydrogens (tertiary/aromatic N) is 2. The van der Waals surface area contributed by atoms with E-state index >= 15 is 0 Å². The van der Waals surface area contributed by atoms with E-state index in [4.69, 9.17) is 4.42 Å². The van der Waals surface area contributed by atoms with Crippen LogP contribution in [0.2, 0.25) is 0 Å². The predicted molar refractivity (Wildman–Crippen MR) is 90.7 cm³/mol. The molecule has 3 heterocycles. The van der Waals surface area contributed by atoms with Crippen molar-refractivity contribution in [3.05, 3.63) is 46.0 Å². The van der Waals surface area contributed by atoms with Gasteiger partial charge in [0.25, 0.3) is 5.56 Å². The van der Waals surface area contributed by atoms with Gasteiger partial charge in [-0.25, -0.2) is 4.98 Å². The second-order valence-electron chi connectivity index (χ2n) is 4.95. The van der Waals surface area contributed by atoms with Crippen LogP contribution in [0.25, 0.3) is 10.2 Å². The maximum atomic E-state index is 12.2. The minimum absolute atomic E-state index is 0.0873. The summed E-state index contributed by atoms with van der Waals surface area (Å²) < 4.78 is 7.30. The monoisotopic (exact) mass is 349 g/mol. The van der Waals surface area contributed by atoms with E-state index in [0.29, 0.717) is 27.7 Å². The predicted octanol–water partition coefficient (Wildman–Crippen LogP) is 2.39. The van der Waals surface area contributed by atoms with E-state index in [1.165, 1.54) is 27.7 Å². The largest absolute Gasteiger partial charge is 0.467 e. The van der Waals surface area contributed by atoms with Crippen molar-refractivity contribution in [2.24, 2.45) is 7.05 Å². The maximum Gasteiger partial charge on any atom is 0.271 e. The quantitative estimate of drug-likeness (QED) is 0.565. The van der Waals surface area contributed by atoms with Gasteiger partial charge in [0.05, 0.1) is 23.6 Å². The SMILES string of the molecule is C[C@H](Sc1nc2ccsc2c(=O)n1C)C(=O)NCc1ccco1. The van der Waals surface area contributed by atoms with Gasteiger partial charge in [0.1, 0.15) is 10.5 Å². The number of furan rings is 1. The van der Waals surface area contributed by atoms with Crippen molar-refractivity contribution < 1.29 is 9.21 Å². The first-order valence-electron chi connectivity index (χ1n) is 6.97. The second kappa shape index (κ2) is 6.59. The van der Waals surface area contributed by atoms with Crippen LogP contribution in [-0.2, 0) is 18.4 Å². The summed E-state index contributed by atoms with van der Waals surface area (Å²) >= 11 is 2.64. The third-order valence-corrected chi connectivity index (χ3v) is 5.35. The number of aromatic nitrogens is 2. The molecule has 0 fully saturated rings. The summed E-state index contributed by atoms with van der Waals surface area (Å²) in [6.07, 6.45) is 1.56. The zero-order chi connectivity index (χ0) is 16.4. The number of hydrogen-bond acceptors (Lipinski definition) is 6. The number of carbonyl (C=O) groups excluding carboxylic acids is 1. The molecule has 0 aromatic carbocycles. The number of carbonyl (C=O) groups is 1. The second-order valence-corrected chi connectivity index (χ2v) is 7.17. The molecule has 8 heteroatoms. The molecule has 1 atom stereocenters. The summed E-state index contributed by atoms with van der Waals surface area (Å²) in [4.78, 5) is 28.9. The standard InChI is InChI=1S/C15H15N3O3S2/c1-9(13(19)16-8-10-4-3-6-21-10)23-15-17-11-5-7-22-12(11)14(20)18(15)2/h3-7,9H,8H2,1-2H3,(H,16,19)/t9-/m0/s1. The van der Waals surface area contributed by atoms with Gasteiger partial charge < -0.3 is 9.73 Å². The number of thiophene rings is 1. The third-order valence-electron chi connectivity index (χ3n) is 3.31. The zero-order valence-electron chi connectivity index (χ0n) is 12.6. The molecule has 0 radical (unpaired) electrons. The Kier molecular flexibility index (Phi) is 4.53. The smallest absolute Gasteiger partial charge is 0.271 e. The summed E-state index contributed by atoms with van der Waals surface area (Å²) in [5.41, 5.74) is 0.583. The molecule has 0 unspecified atom stereocenters. The Bertz CT molecular complexity index is 883. The highest BCUT2D eigenvalue weighted by Gasteiger charge is 2.18. The average molecular weight is 349 g/mol. The first kappa shape index (κ1) is 15.8. The molecule has 0 aliphatic rings. The summed E-state index contributed by atoms with van der Waals surface area (Å²) in [5.74, 6) is 0.562. The van der Waals surface area contributed by atoms with Gasteiger partial charge in [-0.15, -0.1) is 11.3 Å². The van der Waals surface area contributed by atoms with Crippen LogP contribution in [-0.4, -0.2) is 20.7 Å². The number of hydrogen-bond donors (Lipinski definition) is 1. The topological polar surface area (TPSA) is 77.1 Å². The van der Waals surface area contributed by atoms with E-state index in [2.05, 4.69) is 10.3 Å². The van der Waals surface area contributed by atoms with Gasteiger partial charge in [0, 0.05) is 7.05 Å². The van der Waals surface area contributed by atoms with E-state index in [9.17, 15) is 9.59 Å². The number of thioether (sulfide) groups is 1. The fourth-order valence-corrected chi connectivity index (χ4v) is 3.72. The van der Waals surface area contributed by atoms with Gasteiger partial charge in [0.2, 0.25) is 5.91 Å². The summed E-state index contributed by atoms with van der Waals surface area (Å²) in [5, 5.41) is 4.80. The molecule has 6 nitrogen and oxygen atoms in total. The highest BCUT2D eigenvalue weighted by molar-refractivity contribution is 8.00. The van der Waals surface area contributed by atoms with E-state index in [0.717, 1.165) is 0 Å². The highest BCUT2D eigenvalue weighted by Crippen LogP contribution is 2.23. The van der Waals surface area contributed by atoms with Crippen molar-refractivity contribution in [3.63, 3.8) is 0 Å². The maximum absolute atomic E-state index is 12.2. The molecule has 0 aliphatic heterocycles. The van der Waals surface area contributed by atoms with Crippen molar-refractivity contribution >= 4 is 39.2 Å². The van der Waals surface area contributed by atoms with Crippen molar-refractivity contribution in [2.75, 3.05) is 0 Å². The van der Waals surface area contributed by atoms with Crippen LogP contribution >= 0.6 is 23.1 Å². The lowest BCUT2D eigenvalue weighted by molar-refractivity contribution is -0.120. The zero-order valence-corrected chi connectivity index (χ0v) is 14.2. The molecule has 120 valence electrons. The molecule has 1 amide bonds. The molecular formula is C15H15N3O3S2. The number of amides is 1. The molecule has 0 saturated carbocycles. The molecule has 0 spiro atoms. The first-order chi connectivity index (χ1) is 11.1. The Morgan fingerprint density at radius 3 is 3.09 bits per heavy atom. The molecule has 1 N–H and O–H groups in total. The van der Waals surface area contributed by atoms with Gasteiger partial charge in [-0.3, -0.25) is 14.2 Å². The molecule has 3 aromatic rings. The molecule has 3 aromatic heterocycles. The Balaban J connectivity index is 1.72. The number of nitrogens with one attached hydrogen (secondary N) is 1. The minimum atomic E-state index is -0.376. The fraction of sp³-hybridized carbons (Fsp3) is 0.267. The normalized spacial score (nSPS) is 12.4. The Morgan fingerprint density at radius 2 is 2.35 bits per heavy atom. The Hall–Kier alpha value is -2.06. The summed E-state index contributed by atoms with van der Waals surface area (Å²) in [7, 11) is 1.67. The fourth-order valence-electron chi connectivity index (χ4n) is 2.02. The minimum Gasteiger partial charge on any atom is -0.467 e. The van der Waals surface area contributed by atoms with Gasteiger partial charge in [-0.05, 0) is 30.5 Å². The molecule has 3 rings (SSSR count). The molecular weight excluding hydrogens is 334 g/mol. The van der Waals surface area contributed by atoms with Crippen molar-refractivity contribution in [1.82, 2.24) is 14.9 Å². The van der Waals surface area contributed by atoms with Crippen molar-refractivity contribution in [1.29, 1.82) is 0 Å². The highest BCUT2D eigenvalue weighted by atomic mass is 32.2. The average Bonchev–Trinajstić information content (AvgIpc) is 3.21. The van der Waals surface area contributed by atoms with Gasteiger partial charge in [0.15, 0.2) is 5.16 Å². The van der Waals surface area contributed by atoms with Crippen molar-refractivity contribution in [3.8, 4) is 0 Å². The lowest BCUT2D eigenvalue weighted by Gasteiger charge is -2.13. The van der Waals surface area contributed by atoms with Crippen LogP contribution in [0.5, 0.6) is 0 Å². The summed E-state index contributed by atoms with van der Waals surface area (Å²) in [6, 6.07) is 5.39. The van der Waals surface area contributed by atoms with E-state index < -0.39 is 0 Å². The van der Waals surface area contributed by atoms with Crippen LogP contribution in [0, 0.1) is 0 Å². The third kappa shape index (κ3) is 3.32. The lowest BCUT2D eigenvalue weighted by atomic mass is 10.4. The summed E-state index contributed by atoms with van der Waals surface area (Å²) in [6.45, 7) is 2.12. The van der Waals surface area contributed by atoms with Crippen LogP contribution in [0.1, 0.15) is 12.7 Å². The van der Waals surface area contributed by atoms with Gasteiger partial charge in [-0.2, -0.15) is 0 Å². The van der Waals surface area contributed by atoms with Crippen LogP contribution in [0.15, 0.2) is 44.2 Å². The Morgan fingerprint density at radius 1 is 1.52 bits per heavy atom. The van der Waals surface area contributed by atoms with E-state index in [1.54, 1.807) is 32.4 Å². The van der Waals surface area contributed by atoms with Crippen LogP contribution in [0.4, 0.5) is 0 Å². The van der Waals surface area contributed by atoms with Crippen LogP contribution < -0.4 is 10.9 Å². The molecule has 0 bridgehead atoms.